The second-order valence-corrected chi connectivity index (χ2v) is 8.02. The number of thioether (sulfide) groups is 1. The molecule has 1 amide bonds. The van der Waals surface area contributed by atoms with Crippen LogP contribution in [0, 0.1) is 0 Å². The highest BCUT2D eigenvalue weighted by Gasteiger charge is 2.31. The number of carbonyl (C=O) groups excluding carboxylic acids is 1. The Hall–Kier alpha value is -2.14. The van der Waals surface area contributed by atoms with Crippen molar-refractivity contribution in [2.24, 2.45) is 0 Å². The topological polar surface area (TPSA) is 85.8 Å². The van der Waals surface area contributed by atoms with Gasteiger partial charge in [0.2, 0.25) is 11.1 Å². The molecule has 0 spiro atoms. The standard InChI is InChI=1S/C17H11Cl3F3N5OS/c18-9-2-4-11(19)10(6-9)15-26-27-16(28(15)24)30-7-14(29)25-13-5-8(17(21,22)23)1-3-12(13)20/h1-6H,7,24H2,(H,25,29). The van der Waals surface area contributed by atoms with Crippen molar-refractivity contribution in [2.75, 3.05) is 16.9 Å². The average molecular weight is 497 g/mol. The Bertz CT molecular complexity index is 1110. The molecule has 0 aliphatic rings. The van der Waals surface area contributed by atoms with Crippen LogP contribution in [-0.2, 0) is 11.0 Å². The molecule has 6 nitrogen and oxygen atoms in total. The number of halogens is 6. The van der Waals surface area contributed by atoms with E-state index in [1.54, 1.807) is 18.2 Å². The third-order valence-corrected chi connectivity index (χ3v) is 5.57. The van der Waals surface area contributed by atoms with Gasteiger partial charge in [0.1, 0.15) is 0 Å². The van der Waals surface area contributed by atoms with E-state index in [-0.39, 0.29) is 27.4 Å². The molecule has 0 atom stereocenters. The first-order chi connectivity index (χ1) is 14.1. The minimum atomic E-state index is -4.56. The Morgan fingerprint density at radius 1 is 1.10 bits per heavy atom. The number of benzene rings is 2. The molecule has 0 unspecified atom stereocenters. The highest BCUT2D eigenvalue weighted by atomic mass is 35.5. The number of aromatic nitrogens is 3. The van der Waals surface area contributed by atoms with Crippen LogP contribution in [0.25, 0.3) is 11.4 Å². The van der Waals surface area contributed by atoms with Crippen molar-refractivity contribution in [2.45, 2.75) is 11.3 Å². The predicted octanol–water partition coefficient (Wildman–Crippen LogP) is 5.37. The molecule has 13 heteroatoms. The Kier molecular flexibility index (Phi) is 6.71. The van der Waals surface area contributed by atoms with E-state index in [0.717, 1.165) is 34.6 Å². The van der Waals surface area contributed by atoms with E-state index in [4.69, 9.17) is 40.6 Å². The van der Waals surface area contributed by atoms with Crippen LogP contribution in [0.3, 0.4) is 0 Å². The van der Waals surface area contributed by atoms with Gasteiger partial charge in [0, 0.05) is 10.6 Å². The number of rotatable bonds is 5. The number of anilines is 1. The molecule has 3 aromatic rings. The minimum Gasteiger partial charge on any atom is -0.335 e. The number of hydrogen-bond acceptors (Lipinski definition) is 5. The summed E-state index contributed by atoms with van der Waals surface area (Å²) in [5.74, 6) is 5.40. The lowest BCUT2D eigenvalue weighted by Gasteiger charge is -2.11. The second-order valence-electron chi connectivity index (χ2n) is 5.83. The maximum Gasteiger partial charge on any atom is 0.416 e. The van der Waals surface area contributed by atoms with Crippen LogP contribution in [0.1, 0.15) is 5.56 Å². The lowest BCUT2D eigenvalue weighted by molar-refractivity contribution is -0.137. The quantitative estimate of drug-likeness (QED) is 0.366. The van der Waals surface area contributed by atoms with Gasteiger partial charge >= 0.3 is 6.18 Å². The zero-order valence-electron chi connectivity index (χ0n) is 14.7. The maximum atomic E-state index is 12.8. The molecule has 158 valence electrons. The van der Waals surface area contributed by atoms with Gasteiger partial charge in [-0.15, -0.1) is 10.2 Å². The van der Waals surface area contributed by atoms with Crippen LogP contribution in [0.15, 0.2) is 41.6 Å². The first kappa shape index (κ1) is 22.5. The first-order valence-electron chi connectivity index (χ1n) is 8.01. The van der Waals surface area contributed by atoms with E-state index in [9.17, 15) is 18.0 Å². The third kappa shape index (κ3) is 5.12. The lowest BCUT2D eigenvalue weighted by Crippen LogP contribution is -2.17. The lowest BCUT2D eigenvalue weighted by atomic mass is 10.2. The van der Waals surface area contributed by atoms with Gasteiger partial charge in [-0.1, -0.05) is 46.6 Å². The highest BCUT2D eigenvalue weighted by molar-refractivity contribution is 7.99. The highest BCUT2D eigenvalue weighted by Crippen LogP contribution is 2.34. The summed E-state index contributed by atoms with van der Waals surface area (Å²) in [6.07, 6.45) is -4.56. The van der Waals surface area contributed by atoms with Crippen LogP contribution in [0.5, 0.6) is 0 Å². The van der Waals surface area contributed by atoms with Crippen LogP contribution in [0.4, 0.5) is 18.9 Å². The van der Waals surface area contributed by atoms with Gasteiger partial charge in [-0.2, -0.15) is 13.2 Å². The van der Waals surface area contributed by atoms with Crippen molar-refractivity contribution in [3.8, 4) is 11.4 Å². The normalized spacial score (nSPS) is 11.5. The van der Waals surface area contributed by atoms with E-state index >= 15 is 0 Å². The van der Waals surface area contributed by atoms with Crippen molar-refractivity contribution < 1.29 is 18.0 Å². The molecule has 30 heavy (non-hydrogen) atoms. The van der Waals surface area contributed by atoms with Gasteiger partial charge in [0.15, 0.2) is 5.82 Å². The summed E-state index contributed by atoms with van der Waals surface area (Å²) in [6, 6.07) is 7.39. The molecule has 0 radical (unpaired) electrons. The monoisotopic (exact) mass is 495 g/mol. The zero-order chi connectivity index (χ0) is 22.1. The van der Waals surface area contributed by atoms with Gasteiger partial charge in [-0.3, -0.25) is 4.79 Å². The van der Waals surface area contributed by atoms with Crippen LogP contribution < -0.4 is 11.2 Å². The number of hydrogen-bond donors (Lipinski definition) is 2. The maximum absolute atomic E-state index is 12.8. The van der Waals surface area contributed by atoms with E-state index < -0.39 is 17.6 Å². The summed E-state index contributed by atoms with van der Waals surface area (Å²) in [5, 5.41) is 11.1. The number of nitrogens with one attached hydrogen (secondary N) is 1. The van der Waals surface area contributed by atoms with Crippen molar-refractivity contribution in [3.05, 3.63) is 57.0 Å². The predicted molar refractivity (Wildman–Crippen MR) is 111 cm³/mol. The summed E-state index contributed by atoms with van der Waals surface area (Å²) in [5.41, 5.74) is -0.636. The molecule has 2 aromatic carbocycles. The number of alkyl halides is 3. The summed E-state index contributed by atoms with van der Waals surface area (Å²) in [4.78, 5) is 12.2. The molecule has 0 aliphatic carbocycles. The van der Waals surface area contributed by atoms with Crippen molar-refractivity contribution in [3.63, 3.8) is 0 Å². The first-order valence-corrected chi connectivity index (χ1v) is 10.1. The fourth-order valence-electron chi connectivity index (χ4n) is 2.34. The van der Waals surface area contributed by atoms with Crippen LogP contribution >= 0.6 is 46.6 Å². The number of nitrogen functional groups attached to an aromatic ring is 1. The Labute approximate surface area is 187 Å². The van der Waals surface area contributed by atoms with Crippen molar-refractivity contribution in [1.29, 1.82) is 0 Å². The second kappa shape index (κ2) is 8.93. The molecule has 0 saturated carbocycles. The molecular weight excluding hydrogens is 486 g/mol. The van der Waals surface area contributed by atoms with E-state index in [0.29, 0.717) is 15.6 Å². The van der Waals surface area contributed by atoms with Gasteiger partial charge in [-0.05, 0) is 36.4 Å². The summed E-state index contributed by atoms with van der Waals surface area (Å²) in [6.45, 7) is 0. The van der Waals surface area contributed by atoms with Crippen molar-refractivity contribution in [1.82, 2.24) is 14.9 Å². The smallest absolute Gasteiger partial charge is 0.335 e. The Morgan fingerprint density at radius 2 is 1.80 bits per heavy atom. The summed E-state index contributed by atoms with van der Waals surface area (Å²) in [7, 11) is 0. The molecule has 0 aliphatic heterocycles. The van der Waals surface area contributed by atoms with Gasteiger partial charge < -0.3 is 11.2 Å². The van der Waals surface area contributed by atoms with Crippen LogP contribution in [-0.4, -0.2) is 26.5 Å². The molecule has 1 aromatic heterocycles. The van der Waals surface area contributed by atoms with E-state index in [1.165, 1.54) is 0 Å². The van der Waals surface area contributed by atoms with Crippen LogP contribution in [0.2, 0.25) is 15.1 Å². The molecule has 1 heterocycles. The molecular formula is C17H11Cl3F3N5OS. The Balaban J connectivity index is 1.71. The summed E-state index contributed by atoms with van der Waals surface area (Å²) >= 11 is 18.9. The third-order valence-electron chi connectivity index (χ3n) is 3.73. The number of amides is 1. The van der Waals surface area contributed by atoms with Gasteiger partial charge in [0.05, 0.1) is 27.0 Å². The zero-order valence-corrected chi connectivity index (χ0v) is 17.8. The largest absolute Gasteiger partial charge is 0.416 e. The fraction of sp³-hybridized carbons (Fsp3) is 0.118. The van der Waals surface area contributed by atoms with Gasteiger partial charge in [0.25, 0.3) is 0 Å². The van der Waals surface area contributed by atoms with E-state index in [1.807, 2.05) is 0 Å². The molecule has 0 saturated heterocycles. The van der Waals surface area contributed by atoms with Crippen molar-refractivity contribution >= 4 is 58.2 Å². The number of nitrogens with zero attached hydrogens (tertiary/aromatic N) is 3. The molecule has 3 rings (SSSR count). The molecule has 0 bridgehead atoms. The average Bonchev–Trinajstić information content (AvgIpc) is 3.03. The van der Waals surface area contributed by atoms with E-state index in [2.05, 4.69) is 15.5 Å². The molecule has 0 fully saturated rings. The molecule has 3 N–H and O–H groups in total. The Morgan fingerprint density at radius 3 is 2.50 bits per heavy atom. The number of carbonyl (C=O) groups is 1. The number of nitrogens with two attached hydrogens (primary N) is 1. The fourth-order valence-corrected chi connectivity index (χ4v) is 3.54. The SMILES string of the molecule is Nn1c(SCC(=O)Nc2cc(C(F)(F)F)ccc2Cl)nnc1-c1cc(Cl)ccc1Cl. The summed E-state index contributed by atoms with van der Waals surface area (Å²) < 4.78 is 39.6. The minimum absolute atomic E-state index is 0.0266. The van der Waals surface area contributed by atoms with Gasteiger partial charge in [-0.25, -0.2) is 4.68 Å².